The van der Waals surface area contributed by atoms with E-state index in [9.17, 15) is 8.42 Å². The Morgan fingerprint density at radius 1 is 1.04 bits per heavy atom. The minimum atomic E-state index is -3.29. The van der Waals surface area contributed by atoms with Gasteiger partial charge in [0.2, 0.25) is 10.0 Å². The van der Waals surface area contributed by atoms with Crippen LogP contribution in [0.5, 0.6) is 0 Å². The van der Waals surface area contributed by atoms with E-state index in [1.54, 1.807) is 11.3 Å². The summed E-state index contributed by atoms with van der Waals surface area (Å²) in [5, 5.41) is 4.12. The zero-order valence-electron chi connectivity index (χ0n) is 12.6. The number of aromatic nitrogens is 1. The van der Waals surface area contributed by atoms with Gasteiger partial charge < -0.3 is 5.32 Å². The van der Waals surface area contributed by atoms with Gasteiger partial charge in [-0.3, -0.25) is 0 Å². The average molecular weight is 347 g/mol. The fourth-order valence-electron chi connectivity index (χ4n) is 2.27. The highest BCUT2D eigenvalue weighted by molar-refractivity contribution is 7.88. The molecule has 0 unspecified atom stereocenters. The monoisotopic (exact) mass is 347 g/mol. The number of benzene rings is 2. The lowest BCUT2D eigenvalue weighted by Gasteiger charge is -2.10. The molecule has 0 aliphatic rings. The van der Waals surface area contributed by atoms with Gasteiger partial charge in [0.1, 0.15) is 0 Å². The average Bonchev–Trinajstić information content (AvgIpc) is 2.96. The van der Waals surface area contributed by atoms with Gasteiger partial charge in [-0.2, -0.15) is 0 Å². The van der Waals surface area contributed by atoms with Crippen LogP contribution in [0, 0.1) is 0 Å². The molecule has 3 aromatic rings. The maximum atomic E-state index is 11.8. The molecule has 23 heavy (non-hydrogen) atoms. The Morgan fingerprint density at radius 2 is 1.74 bits per heavy atom. The van der Waals surface area contributed by atoms with Crippen LogP contribution in [0.4, 0.5) is 5.13 Å². The third kappa shape index (κ3) is 3.87. The van der Waals surface area contributed by atoms with E-state index in [4.69, 9.17) is 0 Å². The number of nitrogens with zero attached hydrogens (tertiary/aromatic N) is 1. The number of hydrogen-bond acceptors (Lipinski definition) is 5. The van der Waals surface area contributed by atoms with Crippen LogP contribution in [0.2, 0.25) is 0 Å². The zero-order valence-corrected chi connectivity index (χ0v) is 14.2. The quantitative estimate of drug-likeness (QED) is 0.719. The van der Waals surface area contributed by atoms with Crippen molar-refractivity contribution in [3.05, 3.63) is 59.7 Å². The number of sulfonamides is 1. The molecule has 0 amide bonds. The highest BCUT2D eigenvalue weighted by Crippen LogP contribution is 2.26. The Hall–Kier alpha value is -1.96. The van der Waals surface area contributed by atoms with Gasteiger partial charge >= 0.3 is 0 Å². The third-order valence-corrected chi connectivity index (χ3v) is 5.81. The molecule has 5 nitrogen and oxygen atoms in total. The van der Waals surface area contributed by atoms with Gasteiger partial charge in [-0.1, -0.05) is 47.7 Å². The van der Waals surface area contributed by atoms with Crippen LogP contribution in [0.15, 0.2) is 48.5 Å². The summed E-state index contributed by atoms with van der Waals surface area (Å²) in [4.78, 5) is 4.53. The number of para-hydroxylation sites is 1. The molecule has 2 aromatic carbocycles. The number of rotatable bonds is 6. The standard InChI is InChI=1S/C16H17N3O2S2/c1-17-23(20,21)11-13-7-3-2-6-12(13)10-18-16-19-14-8-4-5-9-15(14)22-16/h2-9,17H,10-11H2,1H3,(H,18,19). The molecule has 0 saturated heterocycles. The lowest BCUT2D eigenvalue weighted by Crippen LogP contribution is -2.21. The summed E-state index contributed by atoms with van der Waals surface area (Å²) in [5.74, 6) is -0.0266. The van der Waals surface area contributed by atoms with Crippen molar-refractivity contribution in [2.45, 2.75) is 12.3 Å². The largest absolute Gasteiger partial charge is 0.357 e. The summed E-state index contributed by atoms with van der Waals surface area (Å²) in [6, 6.07) is 15.5. The second-order valence-electron chi connectivity index (χ2n) is 5.07. The van der Waals surface area contributed by atoms with Gasteiger partial charge in [0.05, 0.1) is 16.0 Å². The van der Waals surface area contributed by atoms with E-state index < -0.39 is 10.0 Å². The molecule has 1 aromatic heterocycles. The second kappa shape index (κ2) is 6.66. The Morgan fingerprint density at radius 3 is 2.48 bits per heavy atom. The SMILES string of the molecule is CNS(=O)(=O)Cc1ccccc1CNc1nc2ccccc2s1. The van der Waals surface area contributed by atoms with Crippen molar-refractivity contribution in [2.75, 3.05) is 12.4 Å². The van der Waals surface area contributed by atoms with Crippen molar-refractivity contribution >= 4 is 36.7 Å². The van der Waals surface area contributed by atoms with Crippen molar-refractivity contribution in [1.82, 2.24) is 9.71 Å². The van der Waals surface area contributed by atoms with Crippen LogP contribution < -0.4 is 10.0 Å². The molecule has 0 atom stereocenters. The summed E-state index contributed by atoms with van der Waals surface area (Å²) >= 11 is 1.59. The van der Waals surface area contributed by atoms with Crippen molar-refractivity contribution < 1.29 is 8.42 Å². The van der Waals surface area contributed by atoms with Gasteiger partial charge in [-0.25, -0.2) is 18.1 Å². The van der Waals surface area contributed by atoms with Gasteiger partial charge in [0.25, 0.3) is 0 Å². The molecule has 0 radical (unpaired) electrons. The second-order valence-corrected chi connectivity index (χ2v) is 8.03. The van der Waals surface area contributed by atoms with E-state index in [0.717, 1.165) is 26.5 Å². The van der Waals surface area contributed by atoms with Gasteiger partial charge in [-0.15, -0.1) is 0 Å². The van der Waals surface area contributed by atoms with Crippen molar-refractivity contribution in [3.63, 3.8) is 0 Å². The van der Waals surface area contributed by atoms with Crippen LogP contribution in [-0.2, 0) is 22.3 Å². The van der Waals surface area contributed by atoms with E-state index >= 15 is 0 Å². The van der Waals surface area contributed by atoms with Crippen molar-refractivity contribution in [2.24, 2.45) is 0 Å². The van der Waals surface area contributed by atoms with Crippen LogP contribution >= 0.6 is 11.3 Å². The van der Waals surface area contributed by atoms with Gasteiger partial charge in [0, 0.05) is 6.54 Å². The molecule has 0 aliphatic heterocycles. The highest BCUT2D eigenvalue weighted by Gasteiger charge is 2.12. The summed E-state index contributed by atoms with van der Waals surface area (Å²) in [6.07, 6.45) is 0. The molecule has 1 heterocycles. The predicted molar refractivity (Wildman–Crippen MR) is 95.1 cm³/mol. The van der Waals surface area contributed by atoms with E-state index in [2.05, 4.69) is 15.0 Å². The van der Waals surface area contributed by atoms with Gasteiger partial charge in [0.15, 0.2) is 5.13 Å². The van der Waals surface area contributed by atoms with E-state index in [1.165, 1.54) is 7.05 Å². The maximum absolute atomic E-state index is 11.8. The summed E-state index contributed by atoms with van der Waals surface area (Å²) < 4.78 is 27.0. The summed E-state index contributed by atoms with van der Waals surface area (Å²) in [6.45, 7) is 0.537. The van der Waals surface area contributed by atoms with Gasteiger partial charge in [-0.05, 0) is 30.3 Å². The first-order chi connectivity index (χ1) is 11.1. The third-order valence-electron chi connectivity index (χ3n) is 3.50. The molecule has 3 rings (SSSR count). The van der Waals surface area contributed by atoms with E-state index in [-0.39, 0.29) is 5.75 Å². The molecule has 2 N–H and O–H groups in total. The Labute approximate surface area is 139 Å². The first-order valence-electron chi connectivity index (χ1n) is 7.15. The van der Waals surface area contributed by atoms with Crippen LogP contribution in [0.25, 0.3) is 10.2 Å². The molecule has 0 spiro atoms. The smallest absolute Gasteiger partial charge is 0.215 e. The summed E-state index contributed by atoms with van der Waals surface area (Å²) in [5.41, 5.74) is 2.70. The van der Waals surface area contributed by atoms with Crippen LogP contribution in [0.1, 0.15) is 11.1 Å². The molecule has 0 saturated carbocycles. The van der Waals surface area contributed by atoms with E-state index in [0.29, 0.717) is 6.54 Å². The van der Waals surface area contributed by atoms with Crippen molar-refractivity contribution in [3.8, 4) is 0 Å². The molecular weight excluding hydrogens is 330 g/mol. The first kappa shape index (κ1) is 15.9. The minimum absolute atomic E-state index is 0.0266. The molecule has 0 fully saturated rings. The first-order valence-corrected chi connectivity index (χ1v) is 9.62. The number of anilines is 1. The Balaban J connectivity index is 1.77. The fourth-order valence-corrected chi connectivity index (χ4v) is 3.96. The maximum Gasteiger partial charge on any atom is 0.215 e. The number of fused-ring (bicyclic) bond motifs is 1. The number of nitrogens with one attached hydrogen (secondary N) is 2. The Kier molecular flexibility index (Phi) is 4.61. The molecule has 0 aliphatic carbocycles. The fraction of sp³-hybridized carbons (Fsp3) is 0.188. The topological polar surface area (TPSA) is 71.1 Å². The molecule has 7 heteroatoms. The van der Waals surface area contributed by atoms with Crippen molar-refractivity contribution in [1.29, 1.82) is 0 Å². The lowest BCUT2D eigenvalue weighted by molar-refractivity contribution is 0.587. The highest BCUT2D eigenvalue weighted by atomic mass is 32.2. The van der Waals surface area contributed by atoms with Crippen LogP contribution in [-0.4, -0.2) is 20.4 Å². The zero-order chi connectivity index (χ0) is 16.3. The minimum Gasteiger partial charge on any atom is -0.357 e. The lowest BCUT2D eigenvalue weighted by atomic mass is 10.1. The predicted octanol–water partition coefficient (Wildman–Crippen LogP) is 2.96. The summed E-state index contributed by atoms with van der Waals surface area (Å²) in [7, 11) is -1.86. The normalized spacial score (nSPS) is 11.7. The molecule has 120 valence electrons. The van der Waals surface area contributed by atoms with Crippen LogP contribution in [0.3, 0.4) is 0 Å². The number of thiazole rings is 1. The van der Waals surface area contributed by atoms with E-state index in [1.807, 2.05) is 48.5 Å². The number of hydrogen-bond donors (Lipinski definition) is 2. The molecule has 0 bridgehead atoms. The Bertz CT molecular complexity index is 887. The molecular formula is C16H17N3O2S2.